The molecule has 1 aromatic rings. The van der Waals surface area contributed by atoms with Crippen molar-refractivity contribution in [1.29, 1.82) is 0 Å². The van der Waals surface area contributed by atoms with Crippen molar-refractivity contribution in [1.82, 2.24) is 15.3 Å². The molecule has 2 rings (SSSR count). The van der Waals surface area contributed by atoms with Crippen molar-refractivity contribution in [2.24, 2.45) is 5.92 Å². The van der Waals surface area contributed by atoms with Crippen LogP contribution in [0.15, 0.2) is 6.33 Å². The predicted molar refractivity (Wildman–Crippen MR) is 80.1 cm³/mol. The number of piperidine rings is 1. The van der Waals surface area contributed by atoms with Gasteiger partial charge >= 0.3 is 0 Å². The molecule has 1 aromatic heterocycles. The maximum Gasteiger partial charge on any atom is 0.224 e. The van der Waals surface area contributed by atoms with Crippen LogP contribution in [-0.4, -0.2) is 36.0 Å². The summed E-state index contributed by atoms with van der Waals surface area (Å²) in [5, 5.41) is 3.24. The Morgan fingerprint density at radius 3 is 2.90 bits per heavy atom. The molecule has 20 heavy (non-hydrogen) atoms. The maximum atomic E-state index is 11.8. The summed E-state index contributed by atoms with van der Waals surface area (Å²) >= 11 is 6.21. The number of nitrogens with zero attached hydrogens (tertiary/aromatic N) is 3. The fourth-order valence-electron chi connectivity index (χ4n) is 2.70. The SMILES string of the molecule is CNC(=O)C1CCCN(c2ncnc(Cl)c2C(C)C)C1. The minimum Gasteiger partial charge on any atom is -0.359 e. The molecule has 1 atom stereocenters. The van der Waals surface area contributed by atoms with Crippen LogP contribution >= 0.6 is 11.6 Å². The summed E-state index contributed by atoms with van der Waals surface area (Å²) in [7, 11) is 1.68. The number of anilines is 1. The number of halogens is 1. The zero-order valence-electron chi connectivity index (χ0n) is 12.2. The van der Waals surface area contributed by atoms with Crippen LogP contribution in [0.1, 0.15) is 38.2 Å². The molecule has 1 aliphatic rings. The fraction of sp³-hybridized carbons (Fsp3) is 0.643. The second-order valence-corrected chi connectivity index (χ2v) is 5.81. The Hall–Kier alpha value is -1.36. The number of carbonyl (C=O) groups excluding carboxylic acids is 1. The Morgan fingerprint density at radius 2 is 2.25 bits per heavy atom. The first-order chi connectivity index (χ1) is 9.54. The van der Waals surface area contributed by atoms with E-state index < -0.39 is 0 Å². The molecule has 1 N–H and O–H groups in total. The summed E-state index contributed by atoms with van der Waals surface area (Å²) in [6.07, 6.45) is 3.40. The van der Waals surface area contributed by atoms with E-state index in [2.05, 4.69) is 34.0 Å². The van der Waals surface area contributed by atoms with Gasteiger partial charge in [-0.2, -0.15) is 0 Å². The van der Waals surface area contributed by atoms with Gasteiger partial charge in [-0.3, -0.25) is 4.79 Å². The molecule has 0 aromatic carbocycles. The van der Waals surface area contributed by atoms with E-state index in [9.17, 15) is 4.79 Å². The van der Waals surface area contributed by atoms with Crippen LogP contribution < -0.4 is 10.2 Å². The van der Waals surface area contributed by atoms with E-state index >= 15 is 0 Å². The van der Waals surface area contributed by atoms with Gasteiger partial charge in [0.1, 0.15) is 17.3 Å². The minimum atomic E-state index is 0.0162. The second-order valence-electron chi connectivity index (χ2n) is 5.46. The number of carbonyl (C=O) groups is 1. The molecule has 0 saturated carbocycles. The average molecular weight is 297 g/mol. The number of hydrogen-bond donors (Lipinski definition) is 1. The molecule has 1 aliphatic heterocycles. The van der Waals surface area contributed by atoms with Crippen LogP contribution in [0.5, 0.6) is 0 Å². The maximum absolute atomic E-state index is 11.8. The van der Waals surface area contributed by atoms with E-state index in [4.69, 9.17) is 11.6 Å². The predicted octanol–water partition coefficient (Wildman–Crippen LogP) is 2.22. The third-order valence-electron chi connectivity index (χ3n) is 3.73. The lowest BCUT2D eigenvalue weighted by Crippen LogP contribution is -2.43. The topological polar surface area (TPSA) is 58.1 Å². The lowest BCUT2D eigenvalue weighted by Gasteiger charge is -2.34. The Bertz CT molecular complexity index is 492. The van der Waals surface area contributed by atoms with E-state index in [-0.39, 0.29) is 17.7 Å². The van der Waals surface area contributed by atoms with E-state index in [1.54, 1.807) is 7.05 Å². The zero-order valence-corrected chi connectivity index (χ0v) is 12.9. The lowest BCUT2D eigenvalue weighted by molar-refractivity contribution is -0.124. The van der Waals surface area contributed by atoms with Crippen LogP contribution in [-0.2, 0) is 4.79 Å². The van der Waals surface area contributed by atoms with Crippen LogP contribution in [0.2, 0.25) is 5.15 Å². The smallest absolute Gasteiger partial charge is 0.224 e. The summed E-state index contributed by atoms with van der Waals surface area (Å²) in [5.74, 6) is 1.23. The van der Waals surface area contributed by atoms with Crippen LogP contribution in [0.3, 0.4) is 0 Å². The molecule has 110 valence electrons. The Morgan fingerprint density at radius 1 is 1.50 bits per heavy atom. The quantitative estimate of drug-likeness (QED) is 0.869. The van der Waals surface area contributed by atoms with Gasteiger partial charge in [-0.1, -0.05) is 25.4 Å². The highest BCUT2D eigenvalue weighted by atomic mass is 35.5. The third-order valence-corrected chi connectivity index (χ3v) is 4.03. The molecule has 1 saturated heterocycles. The second kappa shape index (κ2) is 6.39. The van der Waals surface area contributed by atoms with Gasteiger partial charge in [-0.25, -0.2) is 9.97 Å². The van der Waals surface area contributed by atoms with Gasteiger partial charge in [0.25, 0.3) is 0 Å². The summed E-state index contributed by atoms with van der Waals surface area (Å²) < 4.78 is 0. The summed E-state index contributed by atoms with van der Waals surface area (Å²) in [6, 6.07) is 0. The van der Waals surface area contributed by atoms with Crippen molar-refractivity contribution in [2.75, 3.05) is 25.0 Å². The summed E-state index contributed by atoms with van der Waals surface area (Å²) in [5.41, 5.74) is 0.965. The van der Waals surface area contributed by atoms with Crippen LogP contribution in [0, 0.1) is 5.92 Å². The number of hydrogen-bond acceptors (Lipinski definition) is 4. The fourth-order valence-corrected chi connectivity index (χ4v) is 3.05. The van der Waals surface area contributed by atoms with Gasteiger partial charge in [0, 0.05) is 25.7 Å². The van der Waals surface area contributed by atoms with E-state index in [1.165, 1.54) is 6.33 Å². The standard InChI is InChI=1S/C14H21ClN4O/c1-9(2)11-12(15)17-8-18-13(11)19-6-4-5-10(7-19)14(20)16-3/h8-10H,4-7H2,1-3H3,(H,16,20). The average Bonchev–Trinajstić information content (AvgIpc) is 2.45. The highest BCUT2D eigenvalue weighted by Gasteiger charge is 2.28. The third kappa shape index (κ3) is 3.03. The largest absolute Gasteiger partial charge is 0.359 e. The highest BCUT2D eigenvalue weighted by Crippen LogP contribution is 2.32. The number of nitrogens with one attached hydrogen (secondary N) is 1. The zero-order chi connectivity index (χ0) is 14.7. The molecule has 1 amide bonds. The molecule has 0 spiro atoms. The molecule has 1 fully saturated rings. The van der Waals surface area contributed by atoms with E-state index in [0.717, 1.165) is 30.8 Å². The van der Waals surface area contributed by atoms with Gasteiger partial charge in [0.2, 0.25) is 5.91 Å². The molecular weight excluding hydrogens is 276 g/mol. The van der Waals surface area contributed by atoms with Gasteiger partial charge in [0.15, 0.2) is 0 Å². The minimum absolute atomic E-state index is 0.0162. The van der Waals surface area contributed by atoms with Gasteiger partial charge < -0.3 is 10.2 Å². The Kier molecular flexibility index (Phi) is 4.81. The monoisotopic (exact) mass is 296 g/mol. The molecule has 0 radical (unpaired) electrons. The molecule has 0 aliphatic carbocycles. The first-order valence-electron chi connectivity index (χ1n) is 7.01. The van der Waals surface area contributed by atoms with Crippen molar-refractivity contribution in [3.05, 3.63) is 17.0 Å². The molecule has 0 bridgehead atoms. The number of rotatable bonds is 3. The van der Waals surface area contributed by atoms with Crippen molar-refractivity contribution < 1.29 is 4.79 Å². The number of amides is 1. The molecule has 1 unspecified atom stereocenters. The normalized spacial score (nSPS) is 19.2. The van der Waals surface area contributed by atoms with Gasteiger partial charge in [-0.15, -0.1) is 0 Å². The first-order valence-corrected chi connectivity index (χ1v) is 7.39. The lowest BCUT2D eigenvalue weighted by atomic mass is 9.96. The van der Waals surface area contributed by atoms with Crippen molar-refractivity contribution >= 4 is 23.3 Å². The molecule has 5 nitrogen and oxygen atoms in total. The van der Waals surface area contributed by atoms with Crippen molar-refractivity contribution in [2.45, 2.75) is 32.6 Å². The van der Waals surface area contributed by atoms with Gasteiger partial charge in [-0.05, 0) is 18.8 Å². The highest BCUT2D eigenvalue weighted by molar-refractivity contribution is 6.30. The van der Waals surface area contributed by atoms with Crippen molar-refractivity contribution in [3.8, 4) is 0 Å². The summed E-state index contributed by atoms with van der Waals surface area (Å²) in [6.45, 7) is 5.75. The Balaban J connectivity index is 2.27. The van der Waals surface area contributed by atoms with E-state index in [1.807, 2.05) is 0 Å². The molecule has 6 heteroatoms. The first kappa shape index (κ1) is 15.0. The van der Waals surface area contributed by atoms with Crippen LogP contribution in [0.25, 0.3) is 0 Å². The summed E-state index contributed by atoms with van der Waals surface area (Å²) in [4.78, 5) is 22.5. The Labute approximate surface area is 124 Å². The number of aromatic nitrogens is 2. The molecular formula is C14H21ClN4O. The van der Waals surface area contributed by atoms with Crippen molar-refractivity contribution in [3.63, 3.8) is 0 Å². The molecule has 2 heterocycles. The van der Waals surface area contributed by atoms with Crippen LogP contribution in [0.4, 0.5) is 5.82 Å². The van der Waals surface area contributed by atoms with Gasteiger partial charge in [0.05, 0.1) is 5.92 Å². The van der Waals surface area contributed by atoms with E-state index in [0.29, 0.717) is 11.7 Å².